The van der Waals surface area contributed by atoms with Gasteiger partial charge in [-0.05, 0) is 24.1 Å². The minimum Gasteiger partial charge on any atom is -0.342 e. The van der Waals surface area contributed by atoms with E-state index in [1.165, 1.54) is 0 Å². The highest BCUT2D eigenvalue weighted by Gasteiger charge is 2.22. The SMILES string of the molecule is CC(C)C(NC(=O)c1cccc(-n2cnnc2)c1)c1nccn1C. The number of nitrogens with zero attached hydrogens (tertiary/aromatic N) is 5. The molecular formula is C17H20N6O. The lowest BCUT2D eigenvalue weighted by Crippen LogP contribution is -2.33. The Balaban J connectivity index is 1.84. The fourth-order valence-electron chi connectivity index (χ4n) is 2.57. The Hall–Kier alpha value is -2.96. The number of hydrogen-bond acceptors (Lipinski definition) is 4. The Bertz CT molecular complexity index is 821. The van der Waals surface area contributed by atoms with Gasteiger partial charge in [0.15, 0.2) is 0 Å². The quantitative estimate of drug-likeness (QED) is 0.780. The van der Waals surface area contributed by atoms with E-state index >= 15 is 0 Å². The number of rotatable bonds is 5. The van der Waals surface area contributed by atoms with E-state index in [2.05, 4.69) is 34.3 Å². The highest BCUT2D eigenvalue weighted by Crippen LogP contribution is 2.20. The molecule has 0 saturated heterocycles. The van der Waals surface area contributed by atoms with Crippen molar-refractivity contribution in [3.05, 3.63) is 60.7 Å². The van der Waals surface area contributed by atoms with Crippen LogP contribution in [0.2, 0.25) is 0 Å². The number of carbonyl (C=O) groups excluding carboxylic acids is 1. The molecule has 0 aliphatic heterocycles. The van der Waals surface area contributed by atoms with Crippen LogP contribution in [0.5, 0.6) is 0 Å². The maximum Gasteiger partial charge on any atom is 0.251 e. The van der Waals surface area contributed by atoms with E-state index in [4.69, 9.17) is 0 Å². The van der Waals surface area contributed by atoms with Gasteiger partial charge in [-0.2, -0.15) is 0 Å². The first kappa shape index (κ1) is 15.9. The van der Waals surface area contributed by atoms with Gasteiger partial charge in [-0.15, -0.1) is 10.2 Å². The third-order valence-electron chi connectivity index (χ3n) is 3.92. The van der Waals surface area contributed by atoms with Gasteiger partial charge in [0.1, 0.15) is 18.5 Å². The molecule has 0 fully saturated rings. The van der Waals surface area contributed by atoms with E-state index in [1.54, 1.807) is 29.5 Å². The van der Waals surface area contributed by atoms with Gasteiger partial charge in [0, 0.05) is 30.7 Å². The second-order valence-corrected chi connectivity index (χ2v) is 6.01. The van der Waals surface area contributed by atoms with Gasteiger partial charge in [0.2, 0.25) is 0 Å². The van der Waals surface area contributed by atoms with E-state index in [9.17, 15) is 4.79 Å². The van der Waals surface area contributed by atoms with Crippen molar-refractivity contribution >= 4 is 5.91 Å². The lowest BCUT2D eigenvalue weighted by atomic mass is 10.0. The Morgan fingerprint density at radius 2 is 1.96 bits per heavy atom. The minimum atomic E-state index is -0.156. The fraction of sp³-hybridized carbons (Fsp3) is 0.294. The van der Waals surface area contributed by atoms with Crippen LogP contribution in [-0.2, 0) is 7.05 Å². The van der Waals surface area contributed by atoms with Crippen LogP contribution in [0, 0.1) is 5.92 Å². The molecule has 0 bridgehead atoms. The second kappa shape index (κ2) is 6.66. The number of amides is 1. The predicted octanol–water partition coefficient (Wildman–Crippen LogP) is 2.13. The molecule has 3 aromatic rings. The molecule has 1 atom stereocenters. The van der Waals surface area contributed by atoms with Gasteiger partial charge in [0.05, 0.1) is 6.04 Å². The summed E-state index contributed by atoms with van der Waals surface area (Å²) in [6.45, 7) is 4.13. The largest absolute Gasteiger partial charge is 0.342 e. The molecule has 3 rings (SSSR count). The van der Waals surface area contributed by atoms with E-state index in [0.717, 1.165) is 11.5 Å². The molecule has 0 aliphatic rings. The van der Waals surface area contributed by atoms with Crippen LogP contribution < -0.4 is 5.32 Å². The summed E-state index contributed by atoms with van der Waals surface area (Å²) in [5, 5.41) is 10.7. The van der Waals surface area contributed by atoms with Crippen molar-refractivity contribution < 1.29 is 4.79 Å². The van der Waals surface area contributed by atoms with Gasteiger partial charge < -0.3 is 9.88 Å². The maximum absolute atomic E-state index is 12.7. The summed E-state index contributed by atoms with van der Waals surface area (Å²) in [6.07, 6.45) is 6.82. The highest BCUT2D eigenvalue weighted by molar-refractivity contribution is 5.95. The zero-order chi connectivity index (χ0) is 17.1. The van der Waals surface area contributed by atoms with Crippen molar-refractivity contribution in [2.24, 2.45) is 13.0 Å². The Morgan fingerprint density at radius 3 is 2.58 bits per heavy atom. The van der Waals surface area contributed by atoms with Crippen LogP contribution in [-0.4, -0.2) is 30.2 Å². The van der Waals surface area contributed by atoms with Crippen molar-refractivity contribution in [2.45, 2.75) is 19.9 Å². The van der Waals surface area contributed by atoms with E-state index < -0.39 is 0 Å². The number of imidazole rings is 1. The number of hydrogen-bond donors (Lipinski definition) is 1. The smallest absolute Gasteiger partial charge is 0.251 e. The number of carbonyl (C=O) groups is 1. The van der Waals surface area contributed by atoms with Gasteiger partial charge in [0.25, 0.3) is 5.91 Å². The molecule has 7 heteroatoms. The standard InChI is InChI=1S/C17H20N6O/c1-12(2)15(16-18-7-8-22(16)3)21-17(24)13-5-4-6-14(9-13)23-10-19-20-11-23/h4-12,15H,1-3H3,(H,21,24). The molecule has 1 unspecified atom stereocenters. The topological polar surface area (TPSA) is 77.6 Å². The summed E-state index contributed by atoms with van der Waals surface area (Å²) in [5.74, 6) is 0.927. The Morgan fingerprint density at radius 1 is 1.21 bits per heavy atom. The highest BCUT2D eigenvalue weighted by atomic mass is 16.1. The second-order valence-electron chi connectivity index (χ2n) is 6.01. The molecule has 2 heterocycles. The van der Waals surface area contributed by atoms with Gasteiger partial charge >= 0.3 is 0 Å². The lowest BCUT2D eigenvalue weighted by Gasteiger charge is -2.22. The van der Waals surface area contributed by atoms with Crippen molar-refractivity contribution in [1.29, 1.82) is 0 Å². The normalized spacial score (nSPS) is 12.3. The van der Waals surface area contributed by atoms with Gasteiger partial charge in [-0.3, -0.25) is 9.36 Å². The first-order valence-corrected chi connectivity index (χ1v) is 7.79. The molecule has 1 amide bonds. The van der Waals surface area contributed by atoms with Crippen LogP contribution >= 0.6 is 0 Å². The van der Waals surface area contributed by atoms with Crippen LogP contribution in [0.1, 0.15) is 36.1 Å². The summed E-state index contributed by atoms with van der Waals surface area (Å²) in [4.78, 5) is 17.1. The van der Waals surface area contributed by atoms with Crippen LogP contribution in [0.4, 0.5) is 0 Å². The Kier molecular flexibility index (Phi) is 4.41. The van der Waals surface area contributed by atoms with E-state index in [0.29, 0.717) is 5.56 Å². The summed E-state index contributed by atoms with van der Waals surface area (Å²) in [7, 11) is 1.93. The molecule has 1 aromatic carbocycles. The molecule has 0 aliphatic carbocycles. The average Bonchev–Trinajstić information content (AvgIpc) is 3.24. The third-order valence-corrected chi connectivity index (χ3v) is 3.92. The van der Waals surface area contributed by atoms with Gasteiger partial charge in [-0.1, -0.05) is 19.9 Å². The zero-order valence-electron chi connectivity index (χ0n) is 13.9. The number of aryl methyl sites for hydroxylation is 1. The number of nitrogens with one attached hydrogen (secondary N) is 1. The lowest BCUT2D eigenvalue weighted by molar-refractivity contribution is 0.0922. The molecule has 1 N–H and O–H groups in total. The van der Waals surface area contributed by atoms with Crippen LogP contribution in [0.3, 0.4) is 0 Å². The van der Waals surface area contributed by atoms with E-state index in [1.807, 2.05) is 36.0 Å². The van der Waals surface area contributed by atoms with Crippen molar-refractivity contribution in [2.75, 3.05) is 0 Å². The third kappa shape index (κ3) is 3.19. The molecule has 124 valence electrons. The number of benzene rings is 1. The van der Waals surface area contributed by atoms with Crippen molar-refractivity contribution in [3.63, 3.8) is 0 Å². The summed E-state index contributed by atoms with van der Waals surface area (Å²) >= 11 is 0. The molecule has 7 nitrogen and oxygen atoms in total. The molecular weight excluding hydrogens is 304 g/mol. The van der Waals surface area contributed by atoms with Gasteiger partial charge in [-0.25, -0.2) is 4.98 Å². The van der Waals surface area contributed by atoms with Crippen molar-refractivity contribution in [1.82, 2.24) is 29.6 Å². The summed E-state index contributed by atoms with van der Waals surface area (Å²) in [6, 6.07) is 7.19. The molecule has 0 radical (unpaired) electrons. The number of aromatic nitrogens is 5. The summed E-state index contributed by atoms with van der Waals surface area (Å²) < 4.78 is 3.69. The molecule has 0 saturated carbocycles. The first-order chi connectivity index (χ1) is 11.6. The first-order valence-electron chi connectivity index (χ1n) is 7.79. The molecule has 2 aromatic heterocycles. The Labute approximate surface area is 140 Å². The van der Waals surface area contributed by atoms with Crippen LogP contribution in [0.15, 0.2) is 49.3 Å². The minimum absolute atomic E-state index is 0.133. The maximum atomic E-state index is 12.7. The van der Waals surface area contributed by atoms with Crippen molar-refractivity contribution in [3.8, 4) is 5.69 Å². The predicted molar refractivity (Wildman–Crippen MR) is 89.6 cm³/mol. The summed E-state index contributed by atoms with van der Waals surface area (Å²) in [5.41, 5.74) is 1.42. The fourth-order valence-corrected chi connectivity index (χ4v) is 2.57. The monoisotopic (exact) mass is 324 g/mol. The molecule has 0 spiro atoms. The average molecular weight is 324 g/mol. The van der Waals surface area contributed by atoms with Crippen LogP contribution in [0.25, 0.3) is 5.69 Å². The molecule has 24 heavy (non-hydrogen) atoms. The zero-order valence-corrected chi connectivity index (χ0v) is 13.9. The van der Waals surface area contributed by atoms with E-state index in [-0.39, 0.29) is 17.9 Å².